The number of phosphoric acid groups is 3. The van der Waals surface area contributed by atoms with Crippen molar-refractivity contribution < 1.29 is 56.3 Å². The lowest BCUT2D eigenvalue weighted by atomic mass is 9.97. The summed E-state index contributed by atoms with van der Waals surface area (Å²) in [5.74, 6) is 1.96. The lowest BCUT2D eigenvalue weighted by Crippen LogP contribution is -2.45. The Bertz CT molecular complexity index is 1170. The van der Waals surface area contributed by atoms with Gasteiger partial charge in [-0.15, -0.1) is 0 Å². The summed E-state index contributed by atoms with van der Waals surface area (Å²) in [7, 11) is -17.0. The number of alkyl halides is 1. The normalized spacial score (nSPS) is 30.0. The van der Waals surface area contributed by atoms with Gasteiger partial charge in [0, 0.05) is 5.38 Å². The van der Waals surface area contributed by atoms with Gasteiger partial charge in [0.05, 0.1) is 12.3 Å². The van der Waals surface area contributed by atoms with Gasteiger partial charge in [-0.25, -0.2) is 18.5 Å². The maximum Gasteiger partial charge on any atom is 0.490 e. The standard InChI is InChI=1S/C11H15Cl2N4O13P3/c1-5(28-32(23,24)30-33(25,26)29-31(20,21)22)7-8(18)11(13,2-3-12)9(27-7)17-10(19)16-6(14)4-15-17/h4-5,7-9,18H,1H3,(H,23,24)(H,25,26)(H2,14,16,19)(H2,20,21,22)/t5-,7+,8-,9+,11?/m0/s1. The smallest absolute Gasteiger partial charge is 0.387 e. The number of ether oxygens (including phenoxy) is 1. The van der Waals surface area contributed by atoms with E-state index < -0.39 is 58.6 Å². The number of anilines is 1. The van der Waals surface area contributed by atoms with Crippen LogP contribution in [0.1, 0.15) is 13.2 Å². The molecule has 1 aliphatic heterocycles. The molecule has 1 fully saturated rings. The van der Waals surface area contributed by atoms with Gasteiger partial charge in [-0.05, 0) is 18.5 Å². The van der Waals surface area contributed by atoms with Gasteiger partial charge < -0.3 is 35.2 Å². The fourth-order valence-electron chi connectivity index (χ4n) is 2.61. The third-order valence-corrected chi connectivity index (χ3v) is 8.29. The van der Waals surface area contributed by atoms with Crippen LogP contribution >= 0.6 is 46.7 Å². The largest absolute Gasteiger partial charge is 0.490 e. The third kappa shape index (κ3) is 7.04. The number of aliphatic hydroxyl groups excluding tert-OH is 1. The minimum Gasteiger partial charge on any atom is -0.387 e. The maximum atomic E-state index is 12.1. The Morgan fingerprint density at radius 1 is 1.27 bits per heavy atom. The Hall–Kier alpha value is -0.920. The Balaban J connectivity index is 2.31. The predicted octanol–water partition coefficient (Wildman–Crippen LogP) is -0.612. The van der Waals surface area contributed by atoms with Gasteiger partial charge in [-0.2, -0.15) is 23.4 Å². The molecule has 0 bridgehead atoms. The average Bonchev–Trinajstić information content (AvgIpc) is 2.83. The molecule has 0 saturated carbocycles. The quantitative estimate of drug-likeness (QED) is 0.128. The first-order valence-electron chi connectivity index (χ1n) is 8.09. The number of aromatic nitrogens is 3. The van der Waals surface area contributed by atoms with Crippen molar-refractivity contribution in [2.75, 3.05) is 5.73 Å². The van der Waals surface area contributed by atoms with Crippen molar-refractivity contribution in [2.45, 2.75) is 36.3 Å². The van der Waals surface area contributed by atoms with Gasteiger partial charge in [-0.1, -0.05) is 17.5 Å². The maximum absolute atomic E-state index is 12.1. The minimum atomic E-state index is -5.79. The van der Waals surface area contributed by atoms with E-state index in [9.17, 15) is 33.4 Å². The van der Waals surface area contributed by atoms with Gasteiger partial charge in [0.2, 0.25) is 0 Å². The van der Waals surface area contributed by atoms with Gasteiger partial charge in [0.15, 0.2) is 11.1 Å². The molecule has 22 heteroatoms. The van der Waals surface area contributed by atoms with Crippen LogP contribution < -0.4 is 11.4 Å². The number of halogens is 2. The zero-order valence-corrected chi connectivity index (χ0v) is 20.1. The van der Waals surface area contributed by atoms with Crippen molar-refractivity contribution in [1.82, 2.24) is 14.8 Å². The lowest BCUT2D eigenvalue weighted by Gasteiger charge is -2.26. The highest BCUT2D eigenvalue weighted by Crippen LogP contribution is 2.66. The first-order valence-corrected chi connectivity index (χ1v) is 13.4. The molecular formula is C11H15Cl2N4O13P3. The van der Waals surface area contributed by atoms with Crippen LogP contribution in [0.15, 0.2) is 11.0 Å². The molecule has 0 aliphatic carbocycles. The van der Waals surface area contributed by atoms with Gasteiger partial charge in [-0.3, -0.25) is 4.52 Å². The van der Waals surface area contributed by atoms with Gasteiger partial charge in [0.25, 0.3) is 0 Å². The van der Waals surface area contributed by atoms with E-state index in [1.165, 1.54) is 0 Å². The molecule has 17 nitrogen and oxygen atoms in total. The summed E-state index contributed by atoms with van der Waals surface area (Å²) in [5.41, 5.74) is 4.28. The molecule has 0 radical (unpaired) electrons. The van der Waals surface area contributed by atoms with Crippen LogP contribution in [0.4, 0.5) is 5.82 Å². The summed E-state index contributed by atoms with van der Waals surface area (Å²) in [6.45, 7) is 1.01. The number of rotatable bonds is 8. The lowest BCUT2D eigenvalue weighted by molar-refractivity contribution is -0.0785. The topological polar surface area (TPSA) is 263 Å². The highest BCUT2D eigenvalue weighted by molar-refractivity contribution is 7.66. The van der Waals surface area contributed by atoms with Crippen LogP contribution in [0.25, 0.3) is 0 Å². The molecule has 186 valence electrons. The summed E-state index contributed by atoms with van der Waals surface area (Å²) in [6.07, 6.45) is -6.03. The van der Waals surface area contributed by atoms with Gasteiger partial charge in [0.1, 0.15) is 18.0 Å². The van der Waals surface area contributed by atoms with Crippen LogP contribution in [0.5, 0.6) is 0 Å². The van der Waals surface area contributed by atoms with E-state index in [1.54, 1.807) is 0 Å². The summed E-state index contributed by atoms with van der Waals surface area (Å²) >= 11 is 11.7. The number of aliphatic hydroxyl groups is 1. The van der Waals surface area contributed by atoms with E-state index >= 15 is 0 Å². The van der Waals surface area contributed by atoms with Crippen LogP contribution in [-0.4, -0.2) is 62.6 Å². The molecule has 7 N–H and O–H groups in total. The SMILES string of the molecule is C[C@H](OP(=O)(O)OP(=O)(O)OP(=O)(O)O)[C@H]1O[C@@H](n2ncc(N)nc2=O)C(Cl)(C#CCl)[C@H]1O. The van der Waals surface area contributed by atoms with Crippen molar-refractivity contribution >= 4 is 52.5 Å². The molecule has 0 amide bonds. The van der Waals surface area contributed by atoms with Crippen molar-refractivity contribution in [1.29, 1.82) is 0 Å². The van der Waals surface area contributed by atoms with E-state index in [2.05, 4.69) is 29.1 Å². The molecule has 1 aromatic heterocycles. The molecule has 1 aromatic rings. The van der Waals surface area contributed by atoms with E-state index in [4.69, 9.17) is 43.5 Å². The number of nitrogens with zero attached hydrogens (tertiary/aromatic N) is 3. The van der Waals surface area contributed by atoms with Gasteiger partial charge >= 0.3 is 29.2 Å². The van der Waals surface area contributed by atoms with Crippen LogP contribution in [-0.2, 0) is 31.6 Å². The fraction of sp³-hybridized carbons (Fsp3) is 0.545. The average molecular weight is 575 g/mol. The van der Waals surface area contributed by atoms with Crippen molar-refractivity contribution in [2.24, 2.45) is 0 Å². The molecule has 7 atom stereocenters. The minimum absolute atomic E-state index is 0.254. The Morgan fingerprint density at radius 2 is 1.88 bits per heavy atom. The summed E-state index contributed by atoms with van der Waals surface area (Å²) in [4.78, 5) is 49.4. The number of phosphoric ester groups is 1. The number of hydrogen-bond acceptors (Lipinski definition) is 12. The third-order valence-electron chi connectivity index (χ3n) is 3.76. The second kappa shape index (κ2) is 9.98. The second-order valence-corrected chi connectivity index (χ2v) is 11.4. The number of nitrogens with two attached hydrogens (primary N) is 1. The molecule has 1 aliphatic rings. The summed E-state index contributed by atoms with van der Waals surface area (Å²) < 4.78 is 52.0. The molecule has 0 aromatic carbocycles. The molecular weight excluding hydrogens is 560 g/mol. The zero-order chi connectivity index (χ0) is 25.4. The Kier molecular flexibility index (Phi) is 8.56. The van der Waals surface area contributed by atoms with Crippen LogP contribution in [0.2, 0.25) is 0 Å². The highest BCUT2D eigenvalue weighted by atomic mass is 35.5. The van der Waals surface area contributed by atoms with Crippen molar-refractivity contribution in [3.8, 4) is 11.3 Å². The van der Waals surface area contributed by atoms with Crippen LogP contribution in [0, 0.1) is 11.3 Å². The van der Waals surface area contributed by atoms with E-state index in [0.717, 1.165) is 13.1 Å². The number of nitrogen functional groups attached to an aromatic ring is 1. The predicted molar refractivity (Wildman–Crippen MR) is 107 cm³/mol. The van der Waals surface area contributed by atoms with Crippen LogP contribution in [0.3, 0.4) is 0 Å². The summed E-state index contributed by atoms with van der Waals surface area (Å²) in [6, 6.07) is 0. The van der Waals surface area contributed by atoms with E-state index in [-0.39, 0.29) is 5.82 Å². The summed E-state index contributed by atoms with van der Waals surface area (Å²) in [5, 5.41) is 16.2. The molecule has 2 heterocycles. The fourth-order valence-corrected chi connectivity index (χ4v) is 6.33. The zero-order valence-electron chi connectivity index (χ0n) is 15.9. The highest BCUT2D eigenvalue weighted by Gasteiger charge is 2.59. The Labute approximate surface area is 193 Å². The molecule has 0 spiro atoms. The number of hydrogen-bond donors (Lipinski definition) is 6. The van der Waals surface area contributed by atoms with E-state index in [1.807, 2.05) is 5.38 Å². The molecule has 33 heavy (non-hydrogen) atoms. The van der Waals surface area contributed by atoms with Crippen molar-refractivity contribution in [3.05, 3.63) is 16.7 Å². The second-order valence-electron chi connectivity index (χ2n) is 6.20. The molecule has 3 unspecified atom stereocenters. The molecule has 1 saturated heterocycles. The van der Waals surface area contributed by atoms with Crippen molar-refractivity contribution in [3.63, 3.8) is 0 Å². The van der Waals surface area contributed by atoms with E-state index in [0.29, 0.717) is 4.68 Å². The molecule has 2 rings (SSSR count). The Morgan fingerprint density at radius 3 is 2.39 bits per heavy atom. The monoisotopic (exact) mass is 574 g/mol. The first kappa shape index (κ1) is 28.3. The first-order chi connectivity index (χ1) is 14.9.